The lowest BCUT2D eigenvalue weighted by atomic mass is 10.1. The largest absolute Gasteiger partial charge is 0.391 e. The summed E-state index contributed by atoms with van der Waals surface area (Å²) < 4.78 is 0. The molecule has 4 N–H and O–H groups in total. The van der Waals surface area contributed by atoms with Gasteiger partial charge in [-0.25, -0.2) is 4.98 Å². The second kappa shape index (κ2) is 3.55. The molecule has 5 heteroatoms. The molecule has 0 saturated heterocycles. The third-order valence-corrected chi connectivity index (χ3v) is 2.08. The van der Waals surface area contributed by atoms with Crippen molar-refractivity contribution in [3.63, 3.8) is 0 Å². The summed E-state index contributed by atoms with van der Waals surface area (Å²) in [7, 11) is 0. The molecule has 1 aromatic carbocycles. The minimum absolute atomic E-state index is 0.169. The second-order valence-electron chi connectivity index (χ2n) is 3.01. The fraction of sp³-hybridized carbons (Fsp3) is 0. The molecule has 0 radical (unpaired) electrons. The molecule has 1 amide bonds. The Bertz CT molecular complexity index is 525. The number of aromatic nitrogens is 1. The average Bonchev–Trinajstić information content (AvgIpc) is 2.27. The Balaban J connectivity index is 2.80. The van der Waals surface area contributed by atoms with E-state index >= 15 is 0 Å². The highest BCUT2D eigenvalue weighted by Gasteiger charge is 2.09. The van der Waals surface area contributed by atoms with Crippen LogP contribution in [0.25, 0.3) is 10.9 Å². The van der Waals surface area contributed by atoms with E-state index in [4.69, 9.17) is 11.6 Å². The number of hydrogen-bond acceptors (Lipinski definition) is 4. The first-order valence-corrected chi connectivity index (χ1v) is 4.28. The van der Waals surface area contributed by atoms with E-state index in [1.54, 1.807) is 24.3 Å². The molecule has 1 heterocycles. The van der Waals surface area contributed by atoms with Crippen LogP contribution in [0, 0.1) is 0 Å². The number of primary amides is 1. The molecule has 0 spiro atoms. The van der Waals surface area contributed by atoms with Crippen molar-refractivity contribution < 1.29 is 9.63 Å². The molecule has 15 heavy (non-hydrogen) atoms. The van der Waals surface area contributed by atoms with Crippen LogP contribution in [-0.2, 0) is 0 Å². The van der Waals surface area contributed by atoms with Gasteiger partial charge in [0.1, 0.15) is 0 Å². The van der Waals surface area contributed by atoms with Gasteiger partial charge in [0.2, 0.25) is 11.8 Å². The molecule has 5 nitrogen and oxygen atoms in total. The van der Waals surface area contributed by atoms with E-state index in [2.05, 4.69) is 9.82 Å². The van der Waals surface area contributed by atoms with Crippen LogP contribution >= 0.6 is 0 Å². The number of carbonyl (C=O) groups excluding carboxylic acids is 1. The van der Waals surface area contributed by atoms with Crippen LogP contribution in [0.5, 0.6) is 5.88 Å². The normalized spacial score (nSPS) is 10.2. The lowest BCUT2D eigenvalue weighted by Crippen LogP contribution is -2.13. The first kappa shape index (κ1) is 9.42. The van der Waals surface area contributed by atoms with Gasteiger partial charge in [0.15, 0.2) is 0 Å². The lowest BCUT2D eigenvalue weighted by Gasteiger charge is -2.04. The Hall–Kier alpha value is -2.14. The van der Waals surface area contributed by atoms with Gasteiger partial charge in [-0.1, -0.05) is 18.2 Å². The van der Waals surface area contributed by atoms with Gasteiger partial charge in [-0.15, -0.1) is 0 Å². The standard InChI is InChI=1S/C10H9N3O2/c11-10(14)7-5-9(15-12)13-8-4-2-1-3-6(7)8/h1-5H,12H2,(H2,11,14). The minimum Gasteiger partial charge on any atom is -0.391 e. The van der Waals surface area contributed by atoms with Gasteiger partial charge in [-0.05, 0) is 6.07 Å². The summed E-state index contributed by atoms with van der Waals surface area (Å²) in [5, 5.41) is 0.686. The van der Waals surface area contributed by atoms with Gasteiger partial charge >= 0.3 is 0 Å². The Morgan fingerprint density at radius 2 is 2.07 bits per heavy atom. The van der Waals surface area contributed by atoms with Gasteiger partial charge < -0.3 is 10.6 Å². The fourth-order valence-corrected chi connectivity index (χ4v) is 1.42. The molecule has 76 valence electrons. The summed E-state index contributed by atoms with van der Waals surface area (Å²) >= 11 is 0. The van der Waals surface area contributed by atoms with Crippen LogP contribution < -0.4 is 16.5 Å². The van der Waals surface area contributed by atoms with Crippen LogP contribution in [0.3, 0.4) is 0 Å². The Morgan fingerprint density at radius 1 is 1.33 bits per heavy atom. The van der Waals surface area contributed by atoms with Gasteiger partial charge in [0.05, 0.1) is 11.1 Å². The maximum atomic E-state index is 11.2. The van der Waals surface area contributed by atoms with Crippen molar-refractivity contribution in [1.29, 1.82) is 0 Å². The molecule has 2 rings (SSSR count). The first-order valence-electron chi connectivity index (χ1n) is 4.28. The van der Waals surface area contributed by atoms with Crippen molar-refractivity contribution in [2.75, 3.05) is 0 Å². The number of para-hydroxylation sites is 1. The van der Waals surface area contributed by atoms with Crippen LogP contribution in [-0.4, -0.2) is 10.9 Å². The van der Waals surface area contributed by atoms with Crippen molar-refractivity contribution in [2.24, 2.45) is 11.6 Å². The molecule has 0 aliphatic rings. The maximum absolute atomic E-state index is 11.2. The van der Waals surface area contributed by atoms with Crippen LogP contribution in [0.1, 0.15) is 10.4 Å². The predicted molar refractivity (Wildman–Crippen MR) is 55.1 cm³/mol. The molecule has 2 aromatic rings. The molecule has 0 bridgehead atoms. The maximum Gasteiger partial charge on any atom is 0.249 e. The molecule has 0 aliphatic carbocycles. The Morgan fingerprint density at radius 3 is 2.73 bits per heavy atom. The molecule has 0 saturated carbocycles. The zero-order valence-electron chi connectivity index (χ0n) is 7.81. The number of rotatable bonds is 2. The summed E-state index contributed by atoms with van der Waals surface area (Å²) in [6, 6.07) is 8.55. The van der Waals surface area contributed by atoms with Crippen molar-refractivity contribution in [3.8, 4) is 5.88 Å². The third kappa shape index (κ3) is 1.60. The highest BCUT2D eigenvalue weighted by molar-refractivity contribution is 6.05. The van der Waals surface area contributed by atoms with Crippen LogP contribution in [0.15, 0.2) is 30.3 Å². The first-order chi connectivity index (χ1) is 7.22. The summed E-state index contributed by atoms with van der Waals surface area (Å²) in [5.41, 5.74) is 6.21. The van der Waals surface area contributed by atoms with Gasteiger partial charge in [0, 0.05) is 11.5 Å². The highest BCUT2D eigenvalue weighted by atomic mass is 16.6. The Labute approximate surface area is 85.6 Å². The molecule has 0 fully saturated rings. The summed E-state index contributed by atoms with van der Waals surface area (Å²) in [6.45, 7) is 0. The molecular weight excluding hydrogens is 194 g/mol. The highest BCUT2D eigenvalue weighted by Crippen LogP contribution is 2.20. The quantitative estimate of drug-likeness (QED) is 0.698. The average molecular weight is 203 g/mol. The summed E-state index contributed by atoms with van der Waals surface area (Å²) in [6.07, 6.45) is 0. The number of carbonyl (C=O) groups is 1. The number of benzene rings is 1. The molecule has 1 aromatic heterocycles. The van der Waals surface area contributed by atoms with Crippen molar-refractivity contribution in [1.82, 2.24) is 4.98 Å². The van der Waals surface area contributed by atoms with E-state index in [0.29, 0.717) is 16.5 Å². The van der Waals surface area contributed by atoms with E-state index in [1.807, 2.05) is 0 Å². The van der Waals surface area contributed by atoms with Crippen molar-refractivity contribution in [2.45, 2.75) is 0 Å². The minimum atomic E-state index is -0.535. The van der Waals surface area contributed by atoms with Crippen LogP contribution in [0.2, 0.25) is 0 Å². The van der Waals surface area contributed by atoms with Crippen molar-refractivity contribution >= 4 is 16.8 Å². The third-order valence-electron chi connectivity index (χ3n) is 2.08. The number of nitrogens with zero attached hydrogens (tertiary/aromatic N) is 1. The SMILES string of the molecule is NOc1cc(C(N)=O)c2ccccc2n1. The zero-order valence-corrected chi connectivity index (χ0v) is 7.81. The number of fused-ring (bicyclic) bond motifs is 1. The topological polar surface area (TPSA) is 91.2 Å². The molecule has 0 aliphatic heterocycles. The van der Waals surface area contributed by atoms with Gasteiger partial charge in [-0.3, -0.25) is 4.79 Å². The number of amides is 1. The summed E-state index contributed by atoms with van der Waals surface area (Å²) in [5.74, 6) is 4.63. The number of hydrogen-bond donors (Lipinski definition) is 2. The number of pyridine rings is 1. The molecule has 0 unspecified atom stereocenters. The predicted octanol–water partition coefficient (Wildman–Crippen LogP) is 0.586. The van der Waals surface area contributed by atoms with Gasteiger partial charge in [0.25, 0.3) is 0 Å². The molecule has 0 atom stereocenters. The monoisotopic (exact) mass is 203 g/mol. The van der Waals surface area contributed by atoms with Gasteiger partial charge in [-0.2, -0.15) is 5.90 Å². The van der Waals surface area contributed by atoms with E-state index in [-0.39, 0.29) is 5.88 Å². The van der Waals surface area contributed by atoms with E-state index in [0.717, 1.165) is 0 Å². The van der Waals surface area contributed by atoms with Crippen LogP contribution in [0.4, 0.5) is 0 Å². The zero-order chi connectivity index (χ0) is 10.8. The van der Waals surface area contributed by atoms with E-state index in [9.17, 15) is 4.79 Å². The number of nitrogens with two attached hydrogens (primary N) is 2. The van der Waals surface area contributed by atoms with E-state index < -0.39 is 5.91 Å². The second-order valence-corrected chi connectivity index (χ2v) is 3.01. The van der Waals surface area contributed by atoms with E-state index in [1.165, 1.54) is 6.07 Å². The Kier molecular flexibility index (Phi) is 2.23. The van der Waals surface area contributed by atoms with Crippen molar-refractivity contribution in [3.05, 3.63) is 35.9 Å². The molecular formula is C10H9N3O2. The lowest BCUT2D eigenvalue weighted by molar-refractivity contribution is 0.100. The fourth-order valence-electron chi connectivity index (χ4n) is 1.42. The smallest absolute Gasteiger partial charge is 0.249 e. The summed E-state index contributed by atoms with van der Waals surface area (Å²) in [4.78, 5) is 19.8.